The average molecular weight is 419 g/mol. The Hall–Kier alpha value is -3.18. The molecule has 0 amide bonds. The summed E-state index contributed by atoms with van der Waals surface area (Å²) < 4.78 is 0. The second-order valence-corrected chi connectivity index (χ2v) is 5.85. The molecule has 3 heterocycles. The number of carboxylic acid groups (broad SMARTS) is 3. The Labute approximate surface area is 192 Å². The molecule has 0 spiro atoms. The van der Waals surface area contributed by atoms with E-state index < -0.39 is 23.5 Å². The molecule has 0 aliphatic heterocycles. The number of carboxylic acids is 3. The van der Waals surface area contributed by atoms with Crippen LogP contribution in [0.4, 0.5) is 0 Å². The molecule has 0 aliphatic carbocycles. The van der Waals surface area contributed by atoms with E-state index >= 15 is 0 Å². The molecule has 148 valence electrons. The molecule has 3 aromatic rings. The molecule has 0 bridgehead atoms. The first-order valence-electron chi connectivity index (χ1n) is 8.08. The molecular weight excluding hydrogens is 405 g/mol. The van der Waals surface area contributed by atoms with Crippen molar-refractivity contribution in [2.75, 3.05) is 0 Å². The number of hydrogen-bond acceptors (Lipinski definition) is 7. The number of aliphatic hydroxyl groups is 1. The second kappa shape index (κ2) is 9.09. The topological polar surface area (TPSA) is 171 Å². The molecular formula is C19H14N3NaO7. The third-order valence-corrected chi connectivity index (χ3v) is 4.02. The first-order chi connectivity index (χ1) is 13.7. The molecule has 0 radical (unpaired) electrons. The SMILES string of the molecule is O=C(O)c1cccc(C(O)(c2cccc(C(=O)O)n2)c2cccc(C(=O)O)n2)n1.[H-].[Na+]. The van der Waals surface area contributed by atoms with Gasteiger partial charge in [0, 0.05) is 0 Å². The van der Waals surface area contributed by atoms with Crippen molar-refractivity contribution >= 4 is 17.9 Å². The van der Waals surface area contributed by atoms with Crippen LogP contribution in [0.15, 0.2) is 54.6 Å². The van der Waals surface area contributed by atoms with E-state index in [-0.39, 0.29) is 65.1 Å². The Morgan fingerprint density at radius 2 is 0.900 bits per heavy atom. The zero-order valence-corrected chi connectivity index (χ0v) is 17.6. The van der Waals surface area contributed by atoms with E-state index in [1.807, 2.05) is 0 Å². The van der Waals surface area contributed by atoms with Gasteiger partial charge >= 0.3 is 47.5 Å². The van der Waals surface area contributed by atoms with Crippen molar-refractivity contribution in [3.05, 3.63) is 88.8 Å². The number of rotatable bonds is 6. The van der Waals surface area contributed by atoms with Crippen molar-refractivity contribution in [1.29, 1.82) is 0 Å². The Morgan fingerprint density at radius 1 is 0.633 bits per heavy atom. The van der Waals surface area contributed by atoms with Crippen molar-refractivity contribution in [1.82, 2.24) is 15.0 Å². The summed E-state index contributed by atoms with van der Waals surface area (Å²) in [5, 5.41) is 39.2. The Morgan fingerprint density at radius 3 is 1.13 bits per heavy atom. The van der Waals surface area contributed by atoms with Gasteiger partial charge in [-0.15, -0.1) is 0 Å². The molecule has 30 heavy (non-hydrogen) atoms. The fourth-order valence-electron chi connectivity index (χ4n) is 2.66. The van der Waals surface area contributed by atoms with Gasteiger partial charge in [-0.25, -0.2) is 29.3 Å². The van der Waals surface area contributed by atoms with Gasteiger partial charge in [0.25, 0.3) is 0 Å². The summed E-state index contributed by atoms with van der Waals surface area (Å²) in [5.74, 6) is -4.06. The van der Waals surface area contributed by atoms with Crippen molar-refractivity contribution in [3.8, 4) is 0 Å². The quantitative estimate of drug-likeness (QED) is 0.340. The molecule has 10 nitrogen and oxygen atoms in total. The summed E-state index contributed by atoms with van der Waals surface area (Å²) >= 11 is 0. The smallest absolute Gasteiger partial charge is 1.00 e. The van der Waals surface area contributed by atoms with Crippen LogP contribution in [0.2, 0.25) is 0 Å². The largest absolute Gasteiger partial charge is 1.00 e. The van der Waals surface area contributed by atoms with Gasteiger partial charge < -0.3 is 21.9 Å². The van der Waals surface area contributed by atoms with Crippen LogP contribution < -0.4 is 29.6 Å². The van der Waals surface area contributed by atoms with Crippen LogP contribution >= 0.6 is 0 Å². The molecule has 0 aliphatic rings. The van der Waals surface area contributed by atoms with Crippen LogP contribution in [-0.2, 0) is 5.60 Å². The molecule has 0 aromatic carbocycles. The van der Waals surface area contributed by atoms with Crippen LogP contribution in [0.1, 0.15) is 50.0 Å². The maximum Gasteiger partial charge on any atom is 1.00 e. The van der Waals surface area contributed by atoms with Gasteiger partial charge in [-0.1, -0.05) is 18.2 Å². The molecule has 0 atom stereocenters. The number of pyridine rings is 3. The van der Waals surface area contributed by atoms with Crippen LogP contribution in [0, 0.1) is 0 Å². The molecule has 11 heteroatoms. The predicted octanol–water partition coefficient (Wildman–Crippen LogP) is -1.63. The summed E-state index contributed by atoms with van der Waals surface area (Å²) in [5.41, 5.74) is -4.13. The third-order valence-electron chi connectivity index (χ3n) is 4.02. The summed E-state index contributed by atoms with van der Waals surface area (Å²) in [7, 11) is 0. The number of aromatic nitrogens is 3. The number of hydrogen-bond donors (Lipinski definition) is 4. The molecule has 0 fully saturated rings. The molecule has 3 aromatic heterocycles. The van der Waals surface area contributed by atoms with Crippen molar-refractivity contribution < 1.29 is 65.8 Å². The van der Waals surface area contributed by atoms with Gasteiger partial charge in [0.15, 0.2) is 5.60 Å². The Kier molecular flexibility index (Phi) is 7.00. The maximum atomic E-state index is 11.6. The van der Waals surface area contributed by atoms with Gasteiger partial charge in [-0.05, 0) is 36.4 Å². The van der Waals surface area contributed by atoms with Crippen LogP contribution in [0.5, 0.6) is 0 Å². The first kappa shape index (κ1) is 23.1. The number of aromatic carboxylic acids is 3. The fourth-order valence-corrected chi connectivity index (χ4v) is 2.66. The van der Waals surface area contributed by atoms with E-state index in [9.17, 15) is 34.8 Å². The number of nitrogens with zero attached hydrogens (tertiary/aromatic N) is 3. The Balaban J connectivity index is 0.00000240. The van der Waals surface area contributed by atoms with E-state index in [1.165, 1.54) is 54.6 Å². The monoisotopic (exact) mass is 419 g/mol. The maximum absolute atomic E-state index is 11.6. The zero-order chi connectivity index (χ0) is 21.2. The zero-order valence-electron chi connectivity index (χ0n) is 16.6. The van der Waals surface area contributed by atoms with E-state index in [2.05, 4.69) is 15.0 Å². The Bertz CT molecular complexity index is 1000. The minimum Gasteiger partial charge on any atom is -1.00 e. The summed E-state index contributed by atoms with van der Waals surface area (Å²) in [4.78, 5) is 45.7. The van der Waals surface area contributed by atoms with Gasteiger partial charge in [-0.2, -0.15) is 0 Å². The normalized spacial score (nSPS) is 10.7. The molecule has 4 N–H and O–H groups in total. The fraction of sp³-hybridized carbons (Fsp3) is 0.0526. The summed E-state index contributed by atoms with van der Waals surface area (Å²) in [6.45, 7) is 0. The van der Waals surface area contributed by atoms with Gasteiger partial charge in [0.05, 0.1) is 17.1 Å². The van der Waals surface area contributed by atoms with Crippen LogP contribution in [0.25, 0.3) is 0 Å². The van der Waals surface area contributed by atoms with Gasteiger partial charge in [-0.3, -0.25) is 0 Å². The van der Waals surface area contributed by atoms with Gasteiger partial charge in [0.1, 0.15) is 17.1 Å². The standard InChI is InChI=1S/C19H13N3O7.Na.H/c23-16(24)10-4-1-7-13(20-10)19(29,14-8-2-5-11(21-14)17(25)26)15-9-3-6-12(22-15)18(27)28;;/h1-9,29H,(H,23,24)(H,25,26)(H,27,28);;/q;+1;-1. The van der Waals surface area contributed by atoms with Crippen molar-refractivity contribution in [2.24, 2.45) is 0 Å². The van der Waals surface area contributed by atoms with Crippen molar-refractivity contribution in [2.45, 2.75) is 5.60 Å². The van der Waals surface area contributed by atoms with Crippen molar-refractivity contribution in [3.63, 3.8) is 0 Å². The second-order valence-electron chi connectivity index (χ2n) is 5.85. The van der Waals surface area contributed by atoms with E-state index in [0.29, 0.717) is 0 Å². The predicted molar refractivity (Wildman–Crippen MR) is 96.8 cm³/mol. The minimum atomic E-state index is -2.32. The molecule has 3 rings (SSSR count). The first-order valence-corrected chi connectivity index (χ1v) is 8.08. The van der Waals surface area contributed by atoms with Crippen LogP contribution in [0.3, 0.4) is 0 Å². The molecule has 0 saturated heterocycles. The average Bonchev–Trinajstić information content (AvgIpc) is 2.73. The number of carbonyl (C=O) groups is 3. The molecule has 0 saturated carbocycles. The summed E-state index contributed by atoms with van der Waals surface area (Å²) in [6.07, 6.45) is 0. The van der Waals surface area contributed by atoms with E-state index in [1.54, 1.807) is 0 Å². The van der Waals surface area contributed by atoms with E-state index in [4.69, 9.17) is 0 Å². The summed E-state index contributed by atoms with van der Waals surface area (Å²) in [6, 6.07) is 11.5. The van der Waals surface area contributed by atoms with Gasteiger partial charge in [0.2, 0.25) is 0 Å². The minimum absolute atomic E-state index is 0. The van der Waals surface area contributed by atoms with Crippen LogP contribution in [-0.4, -0.2) is 53.3 Å². The molecule has 0 unspecified atom stereocenters. The third kappa shape index (κ3) is 4.36. The van der Waals surface area contributed by atoms with E-state index in [0.717, 1.165) is 0 Å².